The molecular formula is C25H31N3O3S2. The van der Waals surface area contributed by atoms with Crippen molar-refractivity contribution in [1.29, 1.82) is 0 Å². The third kappa shape index (κ3) is 7.22. The first-order chi connectivity index (χ1) is 15.9. The number of nitrogens with zero attached hydrogens (tertiary/aromatic N) is 1. The highest BCUT2D eigenvalue weighted by atomic mass is 32.1. The van der Waals surface area contributed by atoms with E-state index in [2.05, 4.69) is 27.8 Å². The summed E-state index contributed by atoms with van der Waals surface area (Å²) in [4.78, 5) is 31.0. The predicted octanol–water partition coefficient (Wildman–Crippen LogP) is 5.57. The average molecular weight is 486 g/mol. The number of carbonyl (C=O) groups is 2. The smallest absolute Gasteiger partial charge is 0.248 e. The number of benzene rings is 1. The van der Waals surface area contributed by atoms with Crippen LogP contribution in [0.1, 0.15) is 50.4 Å². The Morgan fingerprint density at radius 3 is 2.67 bits per heavy atom. The Balaban J connectivity index is 1.71. The maximum Gasteiger partial charge on any atom is 0.248 e. The van der Waals surface area contributed by atoms with Crippen molar-refractivity contribution >= 4 is 39.6 Å². The van der Waals surface area contributed by atoms with Crippen LogP contribution in [0.5, 0.6) is 0 Å². The van der Waals surface area contributed by atoms with Gasteiger partial charge in [-0.3, -0.25) is 9.59 Å². The van der Waals surface area contributed by atoms with E-state index in [-0.39, 0.29) is 24.3 Å². The molecule has 0 fully saturated rings. The Labute approximate surface area is 203 Å². The van der Waals surface area contributed by atoms with Crippen molar-refractivity contribution < 1.29 is 14.3 Å². The highest BCUT2D eigenvalue weighted by Crippen LogP contribution is 2.35. The third-order valence-electron chi connectivity index (χ3n) is 5.03. The third-order valence-corrected chi connectivity index (χ3v) is 6.87. The fourth-order valence-electron chi connectivity index (χ4n) is 3.40. The molecule has 0 bridgehead atoms. The molecule has 1 atom stereocenters. The number of rotatable bonds is 11. The zero-order chi connectivity index (χ0) is 23.8. The first-order valence-corrected chi connectivity index (χ1v) is 12.9. The number of thiophene rings is 1. The molecule has 0 radical (unpaired) electrons. The number of hydrogen-bond acceptors (Lipinski definition) is 6. The largest absolute Gasteiger partial charge is 0.374 e. The molecule has 8 heteroatoms. The Morgan fingerprint density at radius 2 is 1.97 bits per heavy atom. The quantitative estimate of drug-likeness (QED) is 0.372. The van der Waals surface area contributed by atoms with E-state index in [0.717, 1.165) is 33.7 Å². The van der Waals surface area contributed by atoms with Gasteiger partial charge in [0.25, 0.3) is 0 Å². The molecular weight excluding hydrogens is 454 g/mol. The van der Waals surface area contributed by atoms with Crippen LogP contribution >= 0.6 is 22.7 Å². The molecule has 2 heterocycles. The maximum absolute atomic E-state index is 13.0. The molecule has 0 aliphatic rings. The molecule has 33 heavy (non-hydrogen) atoms. The van der Waals surface area contributed by atoms with Crippen LogP contribution in [0.25, 0.3) is 10.4 Å². The van der Waals surface area contributed by atoms with Gasteiger partial charge in [0.15, 0.2) is 5.13 Å². The van der Waals surface area contributed by atoms with Crippen LogP contribution in [-0.4, -0.2) is 28.9 Å². The number of thiazole rings is 1. The van der Waals surface area contributed by atoms with Gasteiger partial charge in [-0.25, -0.2) is 4.98 Å². The second-order valence-corrected chi connectivity index (χ2v) is 9.94. The molecule has 0 spiro atoms. The standard InChI is InChI=1S/C25H31N3O3S2/c1-5-8-21(27-22(29)13-18-11-12-32-15-18)24(30)28-25-26-17(4)23(33-25)20-10-7-6-9-19(20)14-31-16(2)3/h6-7,9-12,15-16,21H,5,8,13-14H2,1-4H3,(H,27,29)(H,26,28,30). The van der Waals surface area contributed by atoms with Crippen LogP contribution in [0.4, 0.5) is 5.13 Å². The molecule has 1 aromatic carbocycles. The van der Waals surface area contributed by atoms with Crippen molar-refractivity contribution in [3.05, 3.63) is 57.9 Å². The van der Waals surface area contributed by atoms with Crippen LogP contribution in [0, 0.1) is 6.92 Å². The van der Waals surface area contributed by atoms with E-state index in [0.29, 0.717) is 18.2 Å². The monoisotopic (exact) mass is 485 g/mol. The number of hydrogen-bond donors (Lipinski definition) is 2. The van der Waals surface area contributed by atoms with Crippen LogP contribution in [0.2, 0.25) is 0 Å². The normalized spacial score (nSPS) is 12.0. The number of aromatic nitrogens is 1. The van der Waals surface area contributed by atoms with Crippen molar-refractivity contribution in [3.63, 3.8) is 0 Å². The lowest BCUT2D eigenvalue weighted by Crippen LogP contribution is -2.44. The minimum atomic E-state index is -0.597. The molecule has 6 nitrogen and oxygen atoms in total. The van der Waals surface area contributed by atoms with E-state index < -0.39 is 6.04 Å². The summed E-state index contributed by atoms with van der Waals surface area (Å²) in [6.45, 7) is 8.47. The number of anilines is 1. The van der Waals surface area contributed by atoms with Crippen LogP contribution in [-0.2, 0) is 27.4 Å². The molecule has 0 aliphatic carbocycles. The van der Waals surface area contributed by atoms with Gasteiger partial charge >= 0.3 is 0 Å². The van der Waals surface area contributed by atoms with Crippen LogP contribution < -0.4 is 10.6 Å². The SMILES string of the molecule is CCCC(NC(=O)Cc1ccsc1)C(=O)Nc1nc(C)c(-c2ccccc2COC(C)C)s1. The number of nitrogens with one attached hydrogen (secondary N) is 2. The summed E-state index contributed by atoms with van der Waals surface area (Å²) < 4.78 is 5.81. The fourth-order valence-corrected chi connectivity index (χ4v) is 5.10. The minimum Gasteiger partial charge on any atom is -0.374 e. The number of aryl methyl sites for hydroxylation is 1. The van der Waals surface area contributed by atoms with Gasteiger partial charge in [-0.2, -0.15) is 11.3 Å². The van der Waals surface area contributed by atoms with E-state index in [1.165, 1.54) is 11.3 Å². The lowest BCUT2D eigenvalue weighted by molar-refractivity contribution is -0.126. The highest BCUT2D eigenvalue weighted by Gasteiger charge is 2.22. The first kappa shape index (κ1) is 25.1. The predicted molar refractivity (Wildman–Crippen MR) is 136 cm³/mol. The fraction of sp³-hybridized carbons (Fsp3) is 0.400. The second kappa shape index (κ2) is 12.1. The van der Waals surface area contributed by atoms with Crippen molar-refractivity contribution in [3.8, 4) is 10.4 Å². The number of carbonyl (C=O) groups excluding carboxylic acids is 2. The zero-order valence-electron chi connectivity index (χ0n) is 19.5. The van der Waals surface area contributed by atoms with Crippen LogP contribution in [0.3, 0.4) is 0 Å². The Bertz CT molecular complexity index is 1060. The molecule has 3 aromatic rings. The van der Waals surface area contributed by atoms with E-state index in [9.17, 15) is 9.59 Å². The number of ether oxygens (including phenoxy) is 1. The minimum absolute atomic E-state index is 0.140. The lowest BCUT2D eigenvalue weighted by atomic mass is 10.1. The van der Waals surface area contributed by atoms with Gasteiger partial charge in [-0.05, 0) is 60.7 Å². The summed E-state index contributed by atoms with van der Waals surface area (Å²) in [5, 5.41) is 10.2. The average Bonchev–Trinajstić information content (AvgIpc) is 3.41. The van der Waals surface area contributed by atoms with E-state index in [1.54, 1.807) is 11.3 Å². The Hall–Kier alpha value is -2.55. The van der Waals surface area contributed by atoms with Gasteiger partial charge in [0.1, 0.15) is 6.04 Å². The zero-order valence-corrected chi connectivity index (χ0v) is 21.1. The van der Waals surface area contributed by atoms with Gasteiger partial charge in [0.2, 0.25) is 11.8 Å². The van der Waals surface area contributed by atoms with Gasteiger partial charge < -0.3 is 15.4 Å². The topological polar surface area (TPSA) is 80.3 Å². The molecule has 2 aromatic heterocycles. The Morgan fingerprint density at radius 1 is 1.18 bits per heavy atom. The molecule has 0 saturated heterocycles. The molecule has 0 aliphatic heterocycles. The molecule has 3 rings (SSSR count). The molecule has 1 unspecified atom stereocenters. The number of amides is 2. The molecule has 176 valence electrons. The summed E-state index contributed by atoms with van der Waals surface area (Å²) in [5.41, 5.74) is 3.94. The van der Waals surface area contributed by atoms with Gasteiger partial charge in [-0.15, -0.1) is 0 Å². The van der Waals surface area contributed by atoms with Gasteiger partial charge in [0, 0.05) is 0 Å². The van der Waals surface area contributed by atoms with Crippen molar-refractivity contribution in [2.24, 2.45) is 0 Å². The van der Waals surface area contributed by atoms with Crippen molar-refractivity contribution in [1.82, 2.24) is 10.3 Å². The maximum atomic E-state index is 13.0. The van der Waals surface area contributed by atoms with Crippen LogP contribution in [0.15, 0.2) is 41.1 Å². The van der Waals surface area contributed by atoms with E-state index in [4.69, 9.17) is 4.74 Å². The van der Waals surface area contributed by atoms with Gasteiger partial charge in [0.05, 0.1) is 29.7 Å². The molecule has 2 N–H and O–H groups in total. The molecule has 2 amide bonds. The van der Waals surface area contributed by atoms with Crippen molar-refractivity contribution in [2.75, 3.05) is 5.32 Å². The van der Waals surface area contributed by atoms with Crippen molar-refractivity contribution in [2.45, 2.75) is 65.7 Å². The summed E-state index contributed by atoms with van der Waals surface area (Å²) in [7, 11) is 0. The van der Waals surface area contributed by atoms with E-state index in [1.807, 2.05) is 56.7 Å². The van der Waals surface area contributed by atoms with E-state index >= 15 is 0 Å². The highest BCUT2D eigenvalue weighted by molar-refractivity contribution is 7.19. The Kier molecular flexibility index (Phi) is 9.17. The molecule has 0 saturated carbocycles. The first-order valence-electron chi connectivity index (χ1n) is 11.2. The summed E-state index contributed by atoms with van der Waals surface area (Å²) in [6.07, 6.45) is 1.75. The van der Waals surface area contributed by atoms with Gasteiger partial charge in [-0.1, -0.05) is 48.9 Å². The second-order valence-electron chi connectivity index (χ2n) is 8.16. The lowest BCUT2D eigenvalue weighted by Gasteiger charge is -2.17. The summed E-state index contributed by atoms with van der Waals surface area (Å²) in [6, 6.07) is 9.41. The summed E-state index contributed by atoms with van der Waals surface area (Å²) >= 11 is 2.99. The summed E-state index contributed by atoms with van der Waals surface area (Å²) in [5.74, 6) is -0.399.